The van der Waals surface area contributed by atoms with Gasteiger partial charge in [0.2, 0.25) is 0 Å². The van der Waals surface area contributed by atoms with E-state index >= 15 is 0 Å². The Balaban J connectivity index is 1.93. The van der Waals surface area contributed by atoms with Gasteiger partial charge in [0, 0.05) is 23.0 Å². The number of nitrogens with zero attached hydrogens (tertiary/aromatic N) is 1. The van der Waals surface area contributed by atoms with Gasteiger partial charge in [0.25, 0.3) is 0 Å². The van der Waals surface area contributed by atoms with Gasteiger partial charge in [-0.25, -0.2) is 0 Å². The highest BCUT2D eigenvalue weighted by molar-refractivity contribution is 5.80. The van der Waals surface area contributed by atoms with Crippen LogP contribution in [0.25, 0.3) is 11.1 Å². The Bertz CT molecular complexity index is 1030. The van der Waals surface area contributed by atoms with Gasteiger partial charge in [0.1, 0.15) is 5.75 Å². The predicted molar refractivity (Wildman–Crippen MR) is 120 cm³/mol. The van der Waals surface area contributed by atoms with E-state index in [0.717, 1.165) is 47.3 Å². The van der Waals surface area contributed by atoms with Crippen molar-refractivity contribution in [2.45, 2.75) is 77.6 Å². The fourth-order valence-electron chi connectivity index (χ4n) is 4.87. The zero-order chi connectivity index (χ0) is 22.7. The average Bonchev–Trinajstić information content (AvgIpc) is 3.45. The maximum absolute atomic E-state index is 13.2. The molecule has 0 radical (unpaired) electrons. The van der Waals surface area contributed by atoms with Gasteiger partial charge < -0.3 is 9.64 Å². The Morgan fingerprint density at radius 1 is 1.10 bits per heavy atom. The first kappa shape index (κ1) is 21.8. The Hall–Kier alpha value is -2.43. The van der Waals surface area contributed by atoms with E-state index in [0.29, 0.717) is 11.5 Å². The zero-order valence-electron chi connectivity index (χ0n) is 18.9. The minimum absolute atomic E-state index is 0.0950. The number of benzene rings is 2. The Labute approximate surface area is 182 Å². The summed E-state index contributed by atoms with van der Waals surface area (Å²) in [7, 11) is 0. The molecule has 2 aromatic carbocycles. The van der Waals surface area contributed by atoms with Gasteiger partial charge in [-0.15, -0.1) is 13.2 Å². The Morgan fingerprint density at radius 3 is 2.35 bits per heavy atom. The lowest BCUT2D eigenvalue weighted by Gasteiger charge is -2.44. The molecule has 0 bridgehead atoms. The molecular weight excluding hydrogens is 399 g/mol. The first-order chi connectivity index (χ1) is 14.4. The zero-order valence-corrected chi connectivity index (χ0v) is 18.9. The molecule has 166 valence electrons. The molecule has 0 aromatic heterocycles. The fourth-order valence-corrected chi connectivity index (χ4v) is 4.87. The molecule has 0 spiro atoms. The van der Waals surface area contributed by atoms with E-state index in [9.17, 15) is 13.2 Å². The summed E-state index contributed by atoms with van der Waals surface area (Å²) in [5.74, 6) is 0.285. The SMILES string of the molecule is C=C1CC(C)(C)c2cc(C)c(-c3cc(C4CC4)ccc3OC(F)(F)F)cc2N1C(C)C. The molecule has 0 amide bonds. The van der Waals surface area contributed by atoms with E-state index in [4.69, 9.17) is 0 Å². The van der Waals surface area contributed by atoms with Crippen LogP contribution >= 0.6 is 0 Å². The van der Waals surface area contributed by atoms with Crippen LogP contribution in [-0.2, 0) is 5.41 Å². The third-order valence-corrected chi connectivity index (χ3v) is 6.40. The molecule has 0 unspecified atom stereocenters. The summed E-state index contributed by atoms with van der Waals surface area (Å²) < 4.78 is 43.9. The van der Waals surface area contributed by atoms with Gasteiger partial charge >= 0.3 is 6.36 Å². The standard InChI is InChI=1S/C26H30F3NO/c1-15(2)30-17(4)14-25(5,6)22-11-16(3)20(13-23(22)30)21-12-19(18-7-8-18)9-10-24(21)31-26(27,28)29/h9-13,15,18H,4,7-8,14H2,1-3,5-6H3. The summed E-state index contributed by atoms with van der Waals surface area (Å²) in [5.41, 5.74) is 6.45. The highest BCUT2D eigenvalue weighted by Crippen LogP contribution is 2.49. The first-order valence-electron chi connectivity index (χ1n) is 10.9. The van der Waals surface area contributed by atoms with Gasteiger partial charge in [-0.3, -0.25) is 0 Å². The molecule has 1 aliphatic carbocycles. The molecule has 1 saturated carbocycles. The van der Waals surface area contributed by atoms with Crippen LogP contribution in [0.1, 0.15) is 69.6 Å². The normalized spacial score (nSPS) is 18.4. The lowest BCUT2D eigenvalue weighted by molar-refractivity contribution is -0.274. The molecule has 2 nitrogen and oxygen atoms in total. The van der Waals surface area contributed by atoms with Crippen LogP contribution in [0.3, 0.4) is 0 Å². The summed E-state index contributed by atoms with van der Waals surface area (Å²) in [6.45, 7) is 14.9. The second-order valence-corrected chi connectivity index (χ2v) is 9.85. The van der Waals surface area contributed by atoms with E-state index in [1.165, 1.54) is 11.6 Å². The smallest absolute Gasteiger partial charge is 0.405 e. The van der Waals surface area contributed by atoms with Gasteiger partial charge in [-0.1, -0.05) is 32.6 Å². The molecular formula is C26H30F3NO. The van der Waals surface area contributed by atoms with Crippen molar-refractivity contribution in [1.29, 1.82) is 0 Å². The van der Waals surface area contributed by atoms with Gasteiger partial charge in [-0.05, 0) is 91.8 Å². The second-order valence-electron chi connectivity index (χ2n) is 9.85. The highest BCUT2D eigenvalue weighted by Gasteiger charge is 2.37. The summed E-state index contributed by atoms with van der Waals surface area (Å²) in [6, 6.07) is 9.48. The molecule has 0 N–H and O–H groups in total. The molecule has 2 aliphatic rings. The second kappa shape index (κ2) is 7.32. The van der Waals surface area contributed by atoms with Crippen LogP contribution in [-0.4, -0.2) is 12.4 Å². The van der Waals surface area contributed by atoms with Crippen LogP contribution in [0.4, 0.5) is 18.9 Å². The van der Waals surface area contributed by atoms with Crippen molar-refractivity contribution < 1.29 is 17.9 Å². The maximum atomic E-state index is 13.2. The van der Waals surface area contributed by atoms with Crippen molar-refractivity contribution in [2.75, 3.05) is 4.90 Å². The number of aryl methyl sites for hydroxylation is 1. The molecule has 5 heteroatoms. The number of anilines is 1. The van der Waals surface area contributed by atoms with E-state index in [1.807, 2.05) is 19.1 Å². The average molecular weight is 430 g/mol. The molecule has 4 rings (SSSR count). The predicted octanol–water partition coefficient (Wildman–Crippen LogP) is 7.85. The molecule has 0 atom stereocenters. The third-order valence-electron chi connectivity index (χ3n) is 6.40. The van der Waals surface area contributed by atoms with Gasteiger partial charge in [0.05, 0.1) is 0 Å². The van der Waals surface area contributed by atoms with Gasteiger partial charge in [-0.2, -0.15) is 0 Å². The molecule has 1 heterocycles. The largest absolute Gasteiger partial charge is 0.573 e. The van der Waals surface area contributed by atoms with E-state index in [2.05, 4.69) is 50.0 Å². The summed E-state index contributed by atoms with van der Waals surface area (Å²) in [5, 5.41) is 0. The van der Waals surface area contributed by atoms with Crippen molar-refractivity contribution in [3.05, 3.63) is 59.3 Å². The van der Waals surface area contributed by atoms with E-state index in [-0.39, 0.29) is 17.2 Å². The lowest BCUT2D eigenvalue weighted by Crippen LogP contribution is -2.39. The van der Waals surface area contributed by atoms with Gasteiger partial charge in [0.15, 0.2) is 0 Å². The van der Waals surface area contributed by atoms with Crippen LogP contribution in [0.5, 0.6) is 5.75 Å². The quantitative estimate of drug-likeness (QED) is 0.491. The minimum atomic E-state index is -4.74. The third kappa shape index (κ3) is 4.19. The number of fused-ring (bicyclic) bond motifs is 1. The molecule has 31 heavy (non-hydrogen) atoms. The number of ether oxygens (including phenoxy) is 1. The van der Waals surface area contributed by atoms with E-state index < -0.39 is 6.36 Å². The maximum Gasteiger partial charge on any atom is 0.573 e. The number of rotatable bonds is 4. The molecule has 1 fully saturated rings. The van der Waals surface area contributed by atoms with Crippen LogP contribution in [0.2, 0.25) is 0 Å². The summed E-state index contributed by atoms with van der Waals surface area (Å²) in [6.07, 6.45) is -1.73. The Morgan fingerprint density at radius 2 is 1.77 bits per heavy atom. The number of halogens is 3. The van der Waals surface area contributed by atoms with Crippen molar-refractivity contribution in [2.24, 2.45) is 0 Å². The van der Waals surface area contributed by atoms with Crippen LogP contribution < -0.4 is 9.64 Å². The number of allylic oxidation sites excluding steroid dienone is 1. The summed E-state index contributed by atoms with van der Waals surface area (Å²) in [4.78, 5) is 2.21. The topological polar surface area (TPSA) is 12.5 Å². The Kier molecular flexibility index (Phi) is 5.14. The highest BCUT2D eigenvalue weighted by atomic mass is 19.4. The van der Waals surface area contributed by atoms with Crippen molar-refractivity contribution in [1.82, 2.24) is 0 Å². The molecule has 0 saturated heterocycles. The van der Waals surface area contributed by atoms with Crippen LogP contribution in [0, 0.1) is 6.92 Å². The summed E-state index contributed by atoms with van der Waals surface area (Å²) >= 11 is 0. The van der Waals surface area contributed by atoms with Crippen LogP contribution in [0.15, 0.2) is 42.6 Å². The van der Waals surface area contributed by atoms with E-state index in [1.54, 1.807) is 6.07 Å². The minimum Gasteiger partial charge on any atom is -0.405 e. The number of alkyl halides is 3. The van der Waals surface area contributed by atoms with Crippen molar-refractivity contribution in [3.8, 4) is 16.9 Å². The number of hydrogen-bond donors (Lipinski definition) is 0. The first-order valence-corrected chi connectivity index (χ1v) is 10.9. The molecule has 1 aliphatic heterocycles. The monoisotopic (exact) mass is 429 g/mol. The van der Waals surface area contributed by atoms with Crippen molar-refractivity contribution in [3.63, 3.8) is 0 Å². The fraction of sp³-hybridized carbons (Fsp3) is 0.462. The van der Waals surface area contributed by atoms with Crippen molar-refractivity contribution >= 4 is 5.69 Å². The lowest BCUT2D eigenvalue weighted by atomic mass is 9.74. The number of hydrogen-bond acceptors (Lipinski definition) is 2. The molecule has 2 aromatic rings.